The summed E-state index contributed by atoms with van der Waals surface area (Å²) in [6.07, 6.45) is -1.90. The van der Waals surface area contributed by atoms with Crippen LogP contribution in [0, 0.1) is 0 Å². The molecule has 3 nitrogen and oxygen atoms in total. The maximum absolute atomic E-state index is 11.8. The van der Waals surface area contributed by atoms with Gasteiger partial charge >= 0.3 is 6.18 Å². The lowest BCUT2D eigenvalue weighted by Gasteiger charge is -2.05. The fourth-order valence-corrected chi connectivity index (χ4v) is 1.29. The molecular formula is C10H13F3N2O. The highest BCUT2D eigenvalue weighted by Crippen LogP contribution is 2.21. The number of carbonyl (C=O) groups is 1. The first-order chi connectivity index (χ1) is 7.38. The van der Waals surface area contributed by atoms with Crippen molar-refractivity contribution < 1.29 is 18.0 Å². The Morgan fingerprint density at radius 1 is 1.44 bits per heavy atom. The van der Waals surface area contributed by atoms with Crippen LogP contribution in [0.1, 0.15) is 25.1 Å². The van der Waals surface area contributed by atoms with Gasteiger partial charge in [-0.25, -0.2) is 4.98 Å². The van der Waals surface area contributed by atoms with Gasteiger partial charge in [0.1, 0.15) is 11.6 Å². The van der Waals surface area contributed by atoms with Gasteiger partial charge < -0.3 is 4.57 Å². The van der Waals surface area contributed by atoms with E-state index >= 15 is 0 Å². The van der Waals surface area contributed by atoms with Crippen molar-refractivity contribution in [3.63, 3.8) is 0 Å². The lowest BCUT2D eigenvalue weighted by molar-refractivity contribution is -0.143. The van der Waals surface area contributed by atoms with E-state index in [0.717, 1.165) is 0 Å². The molecule has 0 aliphatic rings. The molecule has 0 amide bonds. The van der Waals surface area contributed by atoms with Crippen LogP contribution in [0.5, 0.6) is 0 Å². The molecule has 0 atom stereocenters. The van der Waals surface area contributed by atoms with Gasteiger partial charge in [-0.2, -0.15) is 13.2 Å². The zero-order chi connectivity index (χ0) is 12.2. The molecule has 1 aromatic heterocycles. The quantitative estimate of drug-likeness (QED) is 0.783. The van der Waals surface area contributed by atoms with Gasteiger partial charge in [0.15, 0.2) is 0 Å². The predicted molar refractivity (Wildman–Crippen MR) is 51.8 cm³/mol. The molecule has 0 aliphatic carbocycles. The number of rotatable bonds is 5. The summed E-state index contributed by atoms with van der Waals surface area (Å²) in [5.74, 6) is 0.334. The maximum atomic E-state index is 11.8. The van der Waals surface area contributed by atoms with Gasteiger partial charge in [-0.3, -0.25) is 4.79 Å². The summed E-state index contributed by atoms with van der Waals surface area (Å²) in [5, 5.41) is 0. The molecule has 0 aromatic carbocycles. The van der Waals surface area contributed by atoms with Crippen LogP contribution in [0.25, 0.3) is 0 Å². The van der Waals surface area contributed by atoms with E-state index in [9.17, 15) is 18.0 Å². The van der Waals surface area contributed by atoms with Gasteiger partial charge in [-0.15, -0.1) is 0 Å². The minimum Gasteiger partial charge on any atom is -0.338 e. The van der Waals surface area contributed by atoms with Gasteiger partial charge in [0.2, 0.25) is 0 Å². The molecule has 0 saturated heterocycles. The van der Waals surface area contributed by atoms with Crippen molar-refractivity contribution in [1.29, 1.82) is 0 Å². The summed E-state index contributed by atoms with van der Waals surface area (Å²) in [6.45, 7) is 0. The lowest BCUT2D eigenvalue weighted by atomic mass is 10.1. The largest absolute Gasteiger partial charge is 0.389 e. The van der Waals surface area contributed by atoms with Crippen LogP contribution < -0.4 is 0 Å². The molecule has 0 unspecified atom stereocenters. The molecule has 6 heteroatoms. The third kappa shape index (κ3) is 4.46. The summed E-state index contributed by atoms with van der Waals surface area (Å²) in [5.41, 5.74) is 0. The number of hydrogen-bond acceptors (Lipinski definition) is 2. The molecule has 1 aromatic rings. The average molecular weight is 234 g/mol. The highest BCUT2D eigenvalue weighted by Gasteiger charge is 2.27. The molecule has 1 rings (SSSR count). The number of aromatic nitrogens is 2. The van der Waals surface area contributed by atoms with E-state index in [4.69, 9.17) is 0 Å². The second-order valence-corrected chi connectivity index (χ2v) is 3.61. The van der Waals surface area contributed by atoms with E-state index in [-0.39, 0.29) is 12.2 Å². The van der Waals surface area contributed by atoms with Crippen molar-refractivity contribution in [2.45, 2.75) is 31.9 Å². The Hall–Kier alpha value is -1.33. The van der Waals surface area contributed by atoms with E-state index in [1.165, 1.54) is 0 Å². The Labute approximate surface area is 91.3 Å². The van der Waals surface area contributed by atoms with Gasteiger partial charge in [0.05, 0.1) is 6.42 Å². The monoisotopic (exact) mass is 234 g/mol. The summed E-state index contributed by atoms with van der Waals surface area (Å²) < 4.78 is 37.2. The van der Waals surface area contributed by atoms with Crippen molar-refractivity contribution in [2.24, 2.45) is 7.05 Å². The highest BCUT2D eigenvalue weighted by molar-refractivity contribution is 5.78. The Bertz CT molecular complexity index is 357. The summed E-state index contributed by atoms with van der Waals surface area (Å²) in [4.78, 5) is 15.1. The van der Waals surface area contributed by atoms with E-state index < -0.39 is 19.0 Å². The van der Waals surface area contributed by atoms with Crippen LogP contribution in [-0.4, -0.2) is 21.5 Å². The third-order valence-corrected chi connectivity index (χ3v) is 2.24. The molecule has 0 bridgehead atoms. The molecule has 0 spiro atoms. The smallest absolute Gasteiger partial charge is 0.338 e. The Kier molecular flexibility index (Phi) is 4.09. The topological polar surface area (TPSA) is 34.9 Å². The van der Waals surface area contributed by atoms with Crippen LogP contribution in [0.3, 0.4) is 0 Å². The number of nitrogens with zero attached hydrogens (tertiary/aromatic N) is 2. The minimum absolute atomic E-state index is 0.112. The van der Waals surface area contributed by atoms with E-state index in [2.05, 4.69) is 4.98 Å². The fraction of sp³-hybridized carbons (Fsp3) is 0.600. The van der Waals surface area contributed by atoms with E-state index in [1.54, 1.807) is 24.0 Å². The molecule has 90 valence electrons. The van der Waals surface area contributed by atoms with Crippen LogP contribution >= 0.6 is 0 Å². The number of aryl methyl sites for hydroxylation is 2. The van der Waals surface area contributed by atoms with Crippen molar-refractivity contribution in [1.82, 2.24) is 9.55 Å². The lowest BCUT2D eigenvalue weighted by Crippen LogP contribution is -2.11. The predicted octanol–water partition coefficient (Wildman–Crippen LogP) is 2.26. The number of halogens is 3. The molecule has 0 radical (unpaired) electrons. The Morgan fingerprint density at radius 2 is 2.12 bits per heavy atom. The summed E-state index contributed by atoms with van der Waals surface area (Å²) in [7, 11) is 1.78. The van der Waals surface area contributed by atoms with Crippen molar-refractivity contribution in [3.05, 3.63) is 18.2 Å². The number of carbonyl (C=O) groups excluding carboxylic acids is 1. The second-order valence-electron chi connectivity index (χ2n) is 3.61. The molecule has 0 aliphatic heterocycles. The Balaban J connectivity index is 2.29. The molecule has 0 fully saturated rings. The normalized spacial score (nSPS) is 11.8. The molecule has 0 saturated carbocycles. The van der Waals surface area contributed by atoms with Gasteiger partial charge in [0.25, 0.3) is 0 Å². The molecule has 16 heavy (non-hydrogen) atoms. The number of alkyl halides is 3. The zero-order valence-electron chi connectivity index (χ0n) is 8.92. The second kappa shape index (κ2) is 5.14. The van der Waals surface area contributed by atoms with E-state index in [0.29, 0.717) is 12.2 Å². The minimum atomic E-state index is -4.25. The summed E-state index contributed by atoms with van der Waals surface area (Å²) in [6, 6.07) is 0. The van der Waals surface area contributed by atoms with Crippen LogP contribution in [-0.2, 0) is 18.3 Å². The molecule has 0 N–H and O–H groups in total. The Morgan fingerprint density at radius 3 is 2.62 bits per heavy atom. The van der Waals surface area contributed by atoms with Gasteiger partial charge in [-0.05, 0) is 0 Å². The van der Waals surface area contributed by atoms with Crippen molar-refractivity contribution >= 4 is 5.78 Å². The average Bonchev–Trinajstić information content (AvgIpc) is 2.57. The van der Waals surface area contributed by atoms with Gasteiger partial charge in [-0.1, -0.05) is 0 Å². The number of Topliss-reactive ketones (excluding diaryl/α,β-unsaturated/α-hetero) is 1. The highest BCUT2D eigenvalue weighted by atomic mass is 19.4. The first-order valence-electron chi connectivity index (χ1n) is 4.93. The third-order valence-electron chi connectivity index (χ3n) is 2.24. The number of imidazole rings is 1. The SMILES string of the molecule is Cn1ccnc1CCC(=O)CCC(F)(F)F. The first kappa shape index (κ1) is 12.7. The van der Waals surface area contributed by atoms with Gasteiger partial charge in [0, 0.05) is 38.7 Å². The fourth-order valence-electron chi connectivity index (χ4n) is 1.29. The number of ketones is 1. The number of hydrogen-bond donors (Lipinski definition) is 0. The van der Waals surface area contributed by atoms with Crippen LogP contribution in [0.2, 0.25) is 0 Å². The first-order valence-corrected chi connectivity index (χ1v) is 4.93. The summed E-state index contributed by atoms with van der Waals surface area (Å²) >= 11 is 0. The van der Waals surface area contributed by atoms with Crippen molar-refractivity contribution in [3.8, 4) is 0 Å². The maximum Gasteiger partial charge on any atom is 0.389 e. The van der Waals surface area contributed by atoms with E-state index in [1.807, 2.05) is 0 Å². The van der Waals surface area contributed by atoms with Crippen LogP contribution in [0.4, 0.5) is 13.2 Å². The van der Waals surface area contributed by atoms with Crippen molar-refractivity contribution in [2.75, 3.05) is 0 Å². The van der Waals surface area contributed by atoms with Crippen LogP contribution in [0.15, 0.2) is 12.4 Å². The molecular weight excluding hydrogens is 221 g/mol. The molecule has 1 heterocycles. The zero-order valence-corrected chi connectivity index (χ0v) is 8.92. The standard InChI is InChI=1S/C10H13F3N2O/c1-15-7-6-14-9(15)3-2-8(16)4-5-10(11,12)13/h6-7H,2-5H2,1H3.